The van der Waals surface area contributed by atoms with Crippen LogP contribution in [0.5, 0.6) is 5.88 Å². The quantitative estimate of drug-likeness (QED) is 0.800. The van der Waals surface area contributed by atoms with E-state index >= 15 is 0 Å². The first-order valence-electron chi connectivity index (χ1n) is 9.06. The summed E-state index contributed by atoms with van der Waals surface area (Å²) >= 11 is 0. The van der Waals surface area contributed by atoms with E-state index in [9.17, 15) is 13.2 Å². The van der Waals surface area contributed by atoms with Crippen LogP contribution >= 0.6 is 0 Å². The van der Waals surface area contributed by atoms with Gasteiger partial charge in [0.1, 0.15) is 6.10 Å². The maximum Gasteiger partial charge on any atom is 0.434 e. The molecule has 0 aromatic carbocycles. The number of nitrogen functional groups attached to an aromatic ring is 1. The van der Waals surface area contributed by atoms with Crippen molar-refractivity contribution < 1.29 is 27.4 Å². The zero-order chi connectivity index (χ0) is 20.4. The van der Waals surface area contributed by atoms with E-state index in [1.807, 2.05) is 4.90 Å². The van der Waals surface area contributed by atoms with Crippen LogP contribution in [0.3, 0.4) is 0 Å². The number of halogens is 3. The van der Waals surface area contributed by atoms with Crippen LogP contribution in [0, 0.1) is 0 Å². The predicted octanol–water partition coefficient (Wildman–Crippen LogP) is 1.54. The fourth-order valence-electron chi connectivity index (χ4n) is 3.09. The van der Waals surface area contributed by atoms with Crippen LogP contribution in [0.1, 0.15) is 12.1 Å². The summed E-state index contributed by atoms with van der Waals surface area (Å²) in [6.45, 7) is 2.92. The minimum Gasteiger partial charge on any atom is -0.472 e. The zero-order valence-corrected chi connectivity index (χ0v) is 15.4. The molecule has 0 radical (unpaired) electrons. The van der Waals surface area contributed by atoms with Gasteiger partial charge >= 0.3 is 6.18 Å². The maximum absolute atomic E-state index is 13.5. The molecule has 4 heterocycles. The highest BCUT2D eigenvalue weighted by Crippen LogP contribution is 2.36. The van der Waals surface area contributed by atoms with Gasteiger partial charge < -0.3 is 24.8 Å². The van der Waals surface area contributed by atoms with Gasteiger partial charge in [0, 0.05) is 37.3 Å². The summed E-state index contributed by atoms with van der Waals surface area (Å²) in [6, 6.07) is 1.35. The van der Waals surface area contributed by atoms with E-state index in [1.165, 1.54) is 6.07 Å². The number of aromatic nitrogens is 4. The monoisotopic (exact) mass is 412 g/mol. The van der Waals surface area contributed by atoms with Gasteiger partial charge in [-0.25, -0.2) is 15.0 Å². The van der Waals surface area contributed by atoms with Crippen molar-refractivity contribution in [3.05, 3.63) is 18.0 Å². The van der Waals surface area contributed by atoms with E-state index < -0.39 is 17.8 Å². The van der Waals surface area contributed by atoms with E-state index in [0.29, 0.717) is 45.9 Å². The molecule has 0 amide bonds. The lowest BCUT2D eigenvalue weighted by Gasteiger charge is -2.27. The number of anilines is 2. The average Bonchev–Trinajstić information content (AvgIpc) is 3.21. The van der Waals surface area contributed by atoms with Gasteiger partial charge in [0.25, 0.3) is 0 Å². The summed E-state index contributed by atoms with van der Waals surface area (Å²) in [6.07, 6.45) is -3.26. The Morgan fingerprint density at radius 1 is 1.10 bits per heavy atom. The summed E-state index contributed by atoms with van der Waals surface area (Å²) in [5.74, 6) is -0.0512. The second-order valence-corrected chi connectivity index (χ2v) is 6.58. The van der Waals surface area contributed by atoms with E-state index in [4.69, 9.17) is 19.9 Å². The van der Waals surface area contributed by atoms with Gasteiger partial charge in [0.2, 0.25) is 17.8 Å². The molecular weight excluding hydrogens is 393 g/mol. The minimum atomic E-state index is -4.73. The highest BCUT2D eigenvalue weighted by atomic mass is 19.4. The Bertz CT molecular complexity index is 870. The van der Waals surface area contributed by atoms with Crippen molar-refractivity contribution in [3.63, 3.8) is 0 Å². The normalized spacial score (nSPS) is 20.1. The molecule has 2 saturated heterocycles. The van der Waals surface area contributed by atoms with Crippen molar-refractivity contribution in [2.45, 2.75) is 18.7 Å². The smallest absolute Gasteiger partial charge is 0.434 e. The van der Waals surface area contributed by atoms with E-state index in [2.05, 4.69) is 19.9 Å². The Balaban J connectivity index is 1.77. The van der Waals surface area contributed by atoms with Crippen LogP contribution in [0.25, 0.3) is 11.3 Å². The molecule has 2 N–H and O–H groups in total. The van der Waals surface area contributed by atoms with Gasteiger partial charge in [-0.2, -0.15) is 18.2 Å². The number of alkyl halides is 3. The van der Waals surface area contributed by atoms with Crippen LogP contribution in [0.15, 0.2) is 12.3 Å². The first-order chi connectivity index (χ1) is 13.9. The molecule has 9 nitrogen and oxygen atoms in total. The van der Waals surface area contributed by atoms with Gasteiger partial charge in [0.05, 0.1) is 32.1 Å². The molecular formula is C17H19F3N6O3. The highest BCUT2D eigenvalue weighted by molar-refractivity contribution is 5.65. The van der Waals surface area contributed by atoms with Crippen molar-refractivity contribution in [2.24, 2.45) is 0 Å². The van der Waals surface area contributed by atoms with Crippen LogP contribution in [0.2, 0.25) is 0 Å². The van der Waals surface area contributed by atoms with Crippen molar-refractivity contribution in [1.82, 2.24) is 19.9 Å². The van der Waals surface area contributed by atoms with Crippen molar-refractivity contribution in [1.29, 1.82) is 0 Å². The van der Waals surface area contributed by atoms with E-state index in [0.717, 1.165) is 6.20 Å². The van der Waals surface area contributed by atoms with Crippen LogP contribution < -0.4 is 15.4 Å². The maximum atomic E-state index is 13.5. The Labute approximate surface area is 164 Å². The fraction of sp³-hybridized carbons (Fsp3) is 0.529. The zero-order valence-electron chi connectivity index (χ0n) is 15.4. The topological polar surface area (TPSA) is 109 Å². The predicted molar refractivity (Wildman–Crippen MR) is 95.4 cm³/mol. The SMILES string of the molecule is Nc1ncc(-c2cc(O[C@@H]3CCOC3)nc(N3CCOCC3)n2)c(C(F)(F)F)n1. The summed E-state index contributed by atoms with van der Waals surface area (Å²) in [5.41, 5.74) is 3.92. The van der Waals surface area contributed by atoms with Crippen molar-refractivity contribution in [3.8, 4) is 17.1 Å². The molecule has 4 rings (SSSR count). The summed E-state index contributed by atoms with van der Waals surface area (Å²) < 4.78 is 57.1. The van der Waals surface area contributed by atoms with Gasteiger partial charge in [-0.05, 0) is 0 Å². The first kappa shape index (κ1) is 19.6. The third kappa shape index (κ3) is 4.48. The van der Waals surface area contributed by atoms with Gasteiger partial charge in [-0.1, -0.05) is 0 Å². The minimum absolute atomic E-state index is 0.00253. The second kappa shape index (κ2) is 7.95. The molecule has 2 aliphatic rings. The number of rotatable bonds is 4. The molecule has 29 heavy (non-hydrogen) atoms. The van der Waals surface area contributed by atoms with Gasteiger partial charge in [-0.15, -0.1) is 0 Å². The first-order valence-corrected chi connectivity index (χ1v) is 9.06. The van der Waals surface area contributed by atoms with E-state index in [-0.39, 0.29) is 29.2 Å². The lowest BCUT2D eigenvalue weighted by molar-refractivity contribution is -0.140. The highest BCUT2D eigenvalue weighted by Gasteiger charge is 2.37. The molecule has 0 saturated carbocycles. The summed E-state index contributed by atoms with van der Waals surface area (Å²) in [7, 11) is 0. The average molecular weight is 412 g/mol. The number of ether oxygens (including phenoxy) is 3. The Hall–Kier alpha value is -2.73. The van der Waals surface area contributed by atoms with E-state index in [1.54, 1.807) is 0 Å². The molecule has 2 fully saturated rings. The number of hydrogen-bond donors (Lipinski definition) is 1. The van der Waals surface area contributed by atoms with Crippen LogP contribution in [-0.4, -0.2) is 65.6 Å². The number of nitrogens with zero attached hydrogens (tertiary/aromatic N) is 5. The third-order valence-electron chi connectivity index (χ3n) is 4.51. The molecule has 0 bridgehead atoms. The Morgan fingerprint density at radius 2 is 1.90 bits per heavy atom. The van der Waals surface area contributed by atoms with Crippen molar-refractivity contribution in [2.75, 3.05) is 50.2 Å². The third-order valence-corrected chi connectivity index (χ3v) is 4.51. The number of nitrogens with two attached hydrogens (primary N) is 1. The molecule has 2 aromatic rings. The molecule has 0 unspecified atom stereocenters. The molecule has 2 aromatic heterocycles. The molecule has 0 spiro atoms. The Kier molecular flexibility index (Phi) is 5.37. The standard InChI is InChI=1S/C17H19F3N6O3/c18-17(19,20)14-11(8-22-15(21)25-14)12-7-13(29-10-1-4-28-9-10)24-16(23-12)26-2-5-27-6-3-26/h7-8,10H,1-6,9H2,(H2,21,22,25)/t10-/m1/s1. The van der Waals surface area contributed by atoms with Crippen molar-refractivity contribution >= 4 is 11.9 Å². The lowest BCUT2D eigenvalue weighted by Crippen LogP contribution is -2.37. The van der Waals surface area contributed by atoms with Gasteiger partial charge in [0.15, 0.2) is 5.69 Å². The molecule has 156 valence electrons. The fourth-order valence-corrected chi connectivity index (χ4v) is 3.09. The molecule has 2 aliphatic heterocycles. The Morgan fingerprint density at radius 3 is 2.59 bits per heavy atom. The molecule has 1 atom stereocenters. The summed E-state index contributed by atoms with van der Waals surface area (Å²) in [4.78, 5) is 17.7. The van der Waals surface area contributed by atoms with Crippen LogP contribution in [-0.2, 0) is 15.7 Å². The van der Waals surface area contributed by atoms with Crippen LogP contribution in [0.4, 0.5) is 25.1 Å². The van der Waals surface area contributed by atoms with Gasteiger partial charge in [-0.3, -0.25) is 0 Å². The number of hydrogen-bond acceptors (Lipinski definition) is 9. The largest absolute Gasteiger partial charge is 0.472 e. The molecule has 12 heteroatoms. The second-order valence-electron chi connectivity index (χ2n) is 6.58. The molecule has 0 aliphatic carbocycles. The number of morpholine rings is 1. The summed E-state index contributed by atoms with van der Waals surface area (Å²) in [5, 5.41) is 0. The lowest BCUT2D eigenvalue weighted by atomic mass is 10.1.